The highest BCUT2D eigenvalue weighted by atomic mass is 32.1. The summed E-state index contributed by atoms with van der Waals surface area (Å²) in [7, 11) is 0. The molecular weight excluding hydrogens is 250 g/mol. The fraction of sp³-hybridized carbons (Fsp3) is 0.250. The number of rotatable bonds is 6. The maximum atomic E-state index is 5.64. The second-order valence-corrected chi connectivity index (χ2v) is 5.88. The van der Waals surface area contributed by atoms with Crippen LogP contribution in [0.15, 0.2) is 36.4 Å². The molecular formula is C12H15N3S2. The van der Waals surface area contributed by atoms with Crippen LogP contribution in [0.1, 0.15) is 9.75 Å². The number of hydrogen-bond donors (Lipinski definition) is 1. The predicted octanol–water partition coefficient (Wildman–Crippen LogP) is 2.98. The standard InChI is InChI=1S/C12H15N3S2/c1-2-5-15(8-10-4-3-6-16-10)9-11-7-14-12(13)17-11/h2-4,6-7H,1,5,8-9H2,(H2,13,14). The van der Waals surface area contributed by atoms with Gasteiger partial charge in [-0.05, 0) is 11.4 Å². The summed E-state index contributed by atoms with van der Waals surface area (Å²) < 4.78 is 0. The van der Waals surface area contributed by atoms with E-state index < -0.39 is 0 Å². The van der Waals surface area contributed by atoms with Crippen LogP contribution in [0, 0.1) is 0 Å². The van der Waals surface area contributed by atoms with E-state index in [0.29, 0.717) is 5.13 Å². The Balaban J connectivity index is 1.99. The molecule has 0 atom stereocenters. The van der Waals surface area contributed by atoms with Gasteiger partial charge >= 0.3 is 0 Å². The molecule has 5 heteroatoms. The third kappa shape index (κ3) is 3.66. The SMILES string of the molecule is C=CCN(Cc1cccs1)Cc1cnc(N)s1. The number of nitrogens with two attached hydrogens (primary N) is 1. The fourth-order valence-corrected chi connectivity index (χ4v) is 3.08. The Morgan fingerprint density at radius 2 is 2.24 bits per heavy atom. The molecule has 3 nitrogen and oxygen atoms in total. The molecule has 0 aromatic carbocycles. The molecule has 0 amide bonds. The third-order valence-corrected chi connectivity index (χ3v) is 3.97. The molecule has 0 saturated carbocycles. The first-order chi connectivity index (χ1) is 8.28. The van der Waals surface area contributed by atoms with Crippen LogP contribution < -0.4 is 5.73 Å². The van der Waals surface area contributed by atoms with Gasteiger partial charge in [0.15, 0.2) is 5.13 Å². The van der Waals surface area contributed by atoms with E-state index in [2.05, 4.69) is 34.0 Å². The van der Waals surface area contributed by atoms with Crippen molar-refractivity contribution in [3.05, 3.63) is 46.1 Å². The van der Waals surface area contributed by atoms with Crippen molar-refractivity contribution < 1.29 is 0 Å². The van der Waals surface area contributed by atoms with Gasteiger partial charge in [0.2, 0.25) is 0 Å². The van der Waals surface area contributed by atoms with Crippen LogP contribution in [0.3, 0.4) is 0 Å². The smallest absolute Gasteiger partial charge is 0.180 e. The van der Waals surface area contributed by atoms with Gasteiger partial charge in [-0.25, -0.2) is 4.98 Å². The van der Waals surface area contributed by atoms with Crippen molar-refractivity contribution in [1.29, 1.82) is 0 Å². The summed E-state index contributed by atoms with van der Waals surface area (Å²) in [6, 6.07) is 4.23. The van der Waals surface area contributed by atoms with Crippen LogP contribution in [0.5, 0.6) is 0 Å². The zero-order valence-electron chi connectivity index (χ0n) is 9.50. The van der Waals surface area contributed by atoms with Gasteiger partial charge in [0.05, 0.1) is 0 Å². The first-order valence-electron chi connectivity index (χ1n) is 5.33. The lowest BCUT2D eigenvalue weighted by molar-refractivity contribution is 0.291. The molecule has 0 aliphatic carbocycles. The Labute approximate surface area is 109 Å². The third-order valence-electron chi connectivity index (χ3n) is 2.30. The molecule has 90 valence electrons. The van der Waals surface area contributed by atoms with E-state index >= 15 is 0 Å². The van der Waals surface area contributed by atoms with Crippen LogP contribution in [-0.2, 0) is 13.1 Å². The van der Waals surface area contributed by atoms with Crippen LogP contribution in [0.2, 0.25) is 0 Å². The Kier molecular flexibility index (Phi) is 4.30. The molecule has 0 aliphatic heterocycles. The van der Waals surface area contributed by atoms with Crippen LogP contribution >= 0.6 is 22.7 Å². The summed E-state index contributed by atoms with van der Waals surface area (Å²) in [6.45, 7) is 6.49. The molecule has 0 bridgehead atoms. The van der Waals surface area contributed by atoms with Crippen molar-refractivity contribution >= 4 is 27.8 Å². The normalized spacial score (nSPS) is 10.9. The molecule has 2 aromatic heterocycles. The number of thiazole rings is 1. The van der Waals surface area contributed by atoms with Gasteiger partial charge in [0.1, 0.15) is 0 Å². The number of hydrogen-bond acceptors (Lipinski definition) is 5. The number of nitrogen functional groups attached to an aromatic ring is 1. The number of aromatic nitrogens is 1. The quantitative estimate of drug-likeness (QED) is 0.816. The highest BCUT2D eigenvalue weighted by Gasteiger charge is 2.08. The van der Waals surface area contributed by atoms with Crippen molar-refractivity contribution in [2.75, 3.05) is 12.3 Å². The molecule has 2 rings (SSSR count). The van der Waals surface area contributed by atoms with E-state index in [1.807, 2.05) is 12.3 Å². The molecule has 0 saturated heterocycles. The maximum Gasteiger partial charge on any atom is 0.180 e. The summed E-state index contributed by atoms with van der Waals surface area (Å²) in [4.78, 5) is 8.96. The first kappa shape index (κ1) is 12.3. The summed E-state index contributed by atoms with van der Waals surface area (Å²) in [5.41, 5.74) is 5.64. The Hall–Kier alpha value is -1.17. The first-order valence-corrected chi connectivity index (χ1v) is 7.03. The molecule has 2 heterocycles. The zero-order chi connectivity index (χ0) is 12.1. The van der Waals surface area contributed by atoms with E-state index in [4.69, 9.17) is 5.73 Å². The van der Waals surface area contributed by atoms with Crippen molar-refractivity contribution in [3.63, 3.8) is 0 Å². The van der Waals surface area contributed by atoms with E-state index in [-0.39, 0.29) is 0 Å². The fourth-order valence-electron chi connectivity index (χ4n) is 1.61. The molecule has 2 aromatic rings. The van der Waals surface area contributed by atoms with E-state index in [0.717, 1.165) is 19.6 Å². The van der Waals surface area contributed by atoms with Crippen molar-refractivity contribution in [3.8, 4) is 0 Å². The van der Waals surface area contributed by atoms with Crippen molar-refractivity contribution in [2.24, 2.45) is 0 Å². The monoisotopic (exact) mass is 265 g/mol. The Morgan fingerprint density at radius 1 is 1.41 bits per heavy atom. The highest BCUT2D eigenvalue weighted by molar-refractivity contribution is 7.15. The van der Waals surface area contributed by atoms with Gasteiger partial charge in [-0.15, -0.1) is 29.3 Å². The molecule has 0 spiro atoms. The number of nitrogens with zero attached hydrogens (tertiary/aromatic N) is 2. The molecule has 17 heavy (non-hydrogen) atoms. The van der Waals surface area contributed by atoms with Crippen molar-refractivity contribution in [1.82, 2.24) is 9.88 Å². The Morgan fingerprint density at radius 3 is 2.82 bits per heavy atom. The van der Waals surface area contributed by atoms with Gasteiger partial charge in [-0.3, -0.25) is 4.90 Å². The van der Waals surface area contributed by atoms with Crippen LogP contribution in [0.4, 0.5) is 5.13 Å². The number of thiophene rings is 1. The summed E-state index contributed by atoms with van der Waals surface area (Å²) in [5.74, 6) is 0. The lowest BCUT2D eigenvalue weighted by Gasteiger charge is -2.18. The molecule has 0 unspecified atom stereocenters. The van der Waals surface area contributed by atoms with Gasteiger partial charge in [0, 0.05) is 35.6 Å². The van der Waals surface area contributed by atoms with Crippen molar-refractivity contribution in [2.45, 2.75) is 13.1 Å². The second kappa shape index (κ2) is 5.95. The van der Waals surface area contributed by atoms with Gasteiger partial charge in [-0.1, -0.05) is 12.1 Å². The average Bonchev–Trinajstić information content (AvgIpc) is 2.91. The lowest BCUT2D eigenvalue weighted by atomic mass is 10.3. The van der Waals surface area contributed by atoms with E-state index in [9.17, 15) is 0 Å². The Bertz CT molecular complexity index is 462. The summed E-state index contributed by atoms with van der Waals surface area (Å²) in [5, 5.41) is 2.74. The molecule has 0 fully saturated rings. The second-order valence-electron chi connectivity index (χ2n) is 3.70. The van der Waals surface area contributed by atoms with Gasteiger partial charge in [0.25, 0.3) is 0 Å². The van der Waals surface area contributed by atoms with Gasteiger partial charge < -0.3 is 5.73 Å². The van der Waals surface area contributed by atoms with E-state index in [1.165, 1.54) is 9.75 Å². The predicted molar refractivity (Wildman–Crippen MR) is 75.2 cm³/mol. The van der Waals surface area contributed by atoms with Crippen LogP contribution in [-0.4, -0.2) is 16.4 Å². The topological polar surface area (TPSA) is 42.2 Å². The average molecular weight is 265 g/mol. The molecule has 0 aliphatic rings. The summed E-state index contributed by atoms with van der Waals surface area (Å²) in [6.07, 6.45) is 3.78. The minimum atomic E-state index is 0.634. The lowest BCUT2D eigenvalue weighted by Crippen LogP contribution is -2.21. The largest absolute Gasteiger partial charge is 0.375 e. The summed E-state index contributed by atoms with van der Waals surface area (Å²) >= 11 is 3.33. The van der Waals surface area contributed by atoms with E-state index in [1.54, 1.807) is 22.7 Å². The number of anilines is 1. The van der Waals surface area contributed by atoms with Crippen LogP contribution in [0.25, 0.3) is 0 Å². The molecule has 2 N–H and O–H groups in total. The zero-order valence-corrected chi connectivity index (χ0v) is 11.1. The maximum absolute atomic E-state index is 5.64. The van der Waals surface area contributed by atoms with Gasteiger partial charge in [-0.2, -0.15) is 0 Å². The minimum absolute atomic E-state index is 0.634. The molecule has 0 radical (unpaired) electrons. The minimum Gasteiger partial charge on any atom is -0.375 e. The highest BCUT2D eigenvalue weighted by Crippen LogP contribution is 2.19.